The summed E-state index contributed by atoms with van der Waals surface area (Å²) in [6.45, 7) is 9.43. The molecule has 0 saturated carbocycles. The first-order valence-electron chi connectivity index (χ1n) is 7.86. The third kappa shape index (κ3) is 8.08. The van der Waals surface area contributed by atoms with Crippen LogP contribution in [0.25, 0.3) is 0 Å². The van der Waals surface area contributed by atoms with Crippen LogP contribution in [0.1, 0.15) is 40.0 Å². The van der Waals surface area contributed by atoms with Crippen LogP contribution in [0.4, 0.5) is 0 Å². The Morgan fingerprint density at radius 3 is 2.43 bits per heavy atom. The van der Waals surface area contributed by atoms with Crippen LogP contribution < -0.4 is 0 Å². The smallest absolute Gasteiger partial charge is 0.298 e. The van der Waals surface area contributed by atoms with Crippen LogP contribution in [0.2, 0.25) is 0 Å². The summed E-state index contributed by atoms with van der Waals surface area (Å²) < 4.78 is 5.87. The molecule has 0 spiro atoms. The molecule has 0 bridgehead atoms. The number of carbonyl (C=O) groups is 1. The van der Waals surface area contributed by atoms with Gasteiger partial charge in [-0.3, -0.25) is 4.79 Å². The second kappa shape index (κ2) is 8.41. The number of piperidine rings is 1. The Hall–Kier alpha value is -1.05. The van der Waals surface area contributed by atoms with Gasteiger partial charge in [0.25, 0.3) is 5.91 Å². The SMILES string of the molecule is CN(C)CCCOC1CCN(C(=O)C#CC(C)(C)C)CC1. The zero-order chi connectivity index (χ0) is 15.9. The molecule has 0 N–H and O–H groups in total. The number of rotatable bonds is 5. The topological polar surface area (TPSA) is 32.8 Å². The van der Waals surface area contributed by atoms with E-state index in [1.165, 1.54) is 0 Å². The number of hydrogen-bond acceptors (Lipinski definition) is 3. The van der Waals surface area contributed by atoms with E-state index < -0.39 is 0 Å². The molecule has 0 aromatic carbocycles. The van der Waals surface area contributed by atoms with Gasteiger partial charge in [-0.25, -0.2) is 0 Å². The highest BCUT2D eigenvalue weighted by Gasteiger charge is 2.22. The molecule has 0 radical (unpaired) electrons. The van der Waals surface area contributed by atoms with Crippen LogP contribution in [0, 0.1) is 17.3 Å². The molecule has 1 aliphatic rings. The lowest BCUT2D eigenvalue weighted by atomic mass is 9.98. The molecule has 4 nitrogen and oxygen atoms in total. The number of amides is 1. The molecule has 0 aromatic rings. The van der Waals surface area contributed by atoms with Gasteiger partial charge < -0.3 is 14.5 Å². The molecule has 1 amide bonds. The molecule has 120 valence electrons. The maximum absolute atomic E-state index is 12.0. The molecule has 1 saturated heterocycles. The number of ether oxygens (including phenoxy) is 1. The van der Waals surface area contributed by atoms with Crippen LogP contribution in [0.5, 0.6) is 0 Å². The minimum Gasteiger partial charge on any atom is -0.378 e. The van der Waals surface area contributed by atoms with E-state index in [-0.39, 0.29) is 11.3 Å². The maximum atomic E-state index is 12.0. The van der Waals surface area contributed by atoms with E-state index in [4.69, 9.17) is 4.74 Å². The highest BCUT2D eigenvalue weighted by atomic mass is 16.5. The van der Waals surface area contributed by atoms with Gasteiger partial charge in [-0.1, -0.05) is 5.92 Å². The lowest BCUT2D eigenvalue weighted by molar-refractivity contribution is -0.127. The number of carbonyl (C=O) groups excluding carboxylic acids is 1. The molecule has 21 heavy (non-hydrogen) atoms. The van der Waals surface area contributed by atoms with E-state index in [2.05, 4.69) is 30.8 Å². The van der Waals surface area contributed by atoms with E-state index in [1.54, 1.807) is 0 Å². The first-order valence-corrected chi connectivity index (χ1v) is 7.86. The first-order chi connectivity index (χ1) is 9.78. The zero-order valence-electron chi connectivity index (χ0n) is 14.2. The Kier molecular flexibility index (Phi) is 7.21. The summed E-state index contributed by atoms with van der Waals surface area (Å²) in [7, 11) is 4.14. The molecule has 0 aliphatic carbocycles. The fourth-order valence-corrected chi connectivity index (χ4v) is 2.18. The molecule has 4 heteroatoms. The number of nitrogens with zero attached hydrogens (tertiary/aromatic N) is 2. The number of likely N-dealkylation sites (tertiary alicyclic amines) is 1. The van der Waals surface area contributed by atoms with Gasteiger partial charge in [0.05, 0.1) is 6.10 Å². The summed E-state index contributed by atoms with van der Waals surface area (Å²) in [6.07, 6.45) is 3.20. The monoisotopic (exact) mass is 294 g/mol. The van der Waals surface area contributed by atoms with Gasteiger partial charge in [0.1, 0.15) is 0 Å². The van der Waals surface area contributed by atoms with Crippen LogP contribution in [0.3, 0.4) is 0 Å². The van der Waals surface area contributed by atoms with Crippen LogP contribution in [-0.4, -0.2) is 62.1 Å². The molecule has 1 fully saturated rings. The highest BCUT2D eigenvalue weighted by Crippen LogP contribution is 2.15. The van der Waals surface area contributed by atoms with Gasteiger partial charge in [0.2, 0.25) is 0 Å². The van der Waals surface area contributed by atoms with Crippen molar-refractivity contribution in [2.75, 3.05) is 40.3 Å². The van der Waals surface area contributed by atoms with Gasteiger partial charge in [-0.2, -0.15) is 0 Å². The molecule has 0 unspecified atom stereocenters. The van der Waals surface area contributed by atoms with Crippen molar-refractivity contribution in [3.05, 3.63) is 0 Å². The summed E-state index contributed by atoms with van der Waals surface area (Å²) in [5.41, 5.74) is -0.121. The van der Waals surface area contributed by atoms with Gasteiger partial charge in [-0.05, 0) is 66.6 Å². The van der Waals surface area contributed by atoms with Crippen molar-refractivity contribution in [1.82, 2.24) is 9.80 Å². The summed E-state index contributed by atoms with van der Waals surface area (Å²) in [5.74, 6) is 5.72. The Bertz CT molecular complexity index is 380. The second-order valence-corrected chi connectivity index (χ2v) is 7.02. The van der Waals surface area contributed by atoms with Gasteiger partial charge in [-0.15, -0.1) is 0 Å². The van der Waals surface area contributed by atoms with Crippen LogP contribution in [-0.2, 0) is 9.53 Å². The summed E-state index contributed by atoms with van der Waals surface area (Å²) in [6, 6.07) is 0. The van der Waals surface area contributed by atoms with E-state index in [9.17, 15) is 4.79 Å². The van der Waals surface area contributed by atoms with Gasteiger partial charge >= 0.3 is 0 Å². The molecule has 1 aliphatic heterocycles. The highest BCUT2D eigenvalue weighted by molar-refractivity contribution is 5.93. The van der Waals surface area contributed by atoms with E-state index in [0.717, 1.165) is 45.5 Å². The predicted molar refractivity (Wildman–Crippen MR) is 86.0 cm³/mol. The fourth-order valence-electron chi connectivity index (χ4n) is 2.18. The maximum Gasteiger partial charge on any atom is 0.298 e. The number of hydrogen-bond donors (Lipinski definition) is 0. The molecule has 0 aromatic heterocycles. The molecule has 1 heterocycles. The fraction of sp³-hybridized carbons (Fsp3) is 0.824. The lowest BCUT2D eigenvalue weighted by Crippen LogP contribution is -2.40. The summed E-state index contributed by atoms with van der Waals surface area (Å²) >= 11 is 0. The Balaban J connectivity index is 2.25. The van der Waals surface area contributed by atoms with Crippen molar-refractivity contribution in [3.8, 4) is 11.8 Å². The van der Waals surface area contributed by atoms with Crippen LogP contribution >= 0.6 is 0 Å². The van der Waals surface area contributed by atoms with E-state index in [0.29, 0.717) is 6.10 Å². The van der Waals surface area contributed by atoms with Crippen molar-refractivity contribution in [1.29, 1.82) is 0 Å². The largest absolute Gasteiger partial charge is 0.378 e. The average Bonchev–Trinajstić information content (AvgIpc) is 2.40. The lowest BCUT2D eigenvalue weighted by Gasteiger charge is -2.30. The van der Waals surface area contributed by atoms with Crippen LogP contribution in [0.15, 0.2) is 0 Å². The van der Waals surface area contributed by atoms with Gasteiger partial charge in [0, 0.05) is 25.1 Å². The Morgan fingerprint density at radius 2 is 1.90 bits per heavy atom. The minimum atomic E-state index is -0.121. The Labute approximate surface area is 129 Å². The zero-order valence-corrected chi connectivity index (χ0v) is 14.2. The minimum absolute atomic E-state index is 0.0454. The third-order valence-electron chi connectivity index (χ3n) is 3.38. The Morgan fingerprint density at radius 1 is 1.29 bits per heavy atom. The summed E-state index contributed by atoms with van der Waals surface area (Å²) in [5, 5.41) is 0. The molecular formula is C17H30N2O2. The van der Waals surface area contributed by atoms with Crippen molar-refractivity contribution >= 4 is 5.91 Å². The normalized spacial score (nSPS) is 16.8. The molecule has 1 rings (SSSR count). The van der Waals surface area contributed by atoms with Crippen molar-refractivity contribution in [2.45, 2.75) is 46.1 Å². The van der Waals surface area contributed by atoms with Crippen molar-refractivity contribution < 1.29 is 9.53 Å². The first kappa shape index (κ1) is 18.0. The summed E-state index contributed by atoms with van der Waals surface area (Å²) in [4.78, 5) is 16.0. The van der Waals surface area contributed by atoms with Crippen molar-refractivity contribution in [3.63, 3.8) is 0 Å². The standard InChI is InChI=1S/C17H30N2O2/c1-17(2,3)10-7-16(20)19-12-8-15(9-13-19)21-14-6-11-18(4)5/h15H,6,8-9,11-14H2,1-5H3. The molecular weight excluding hydrogens is 264 g/mol. The van der Waals surface area contributed by atoms with Crippen molar-refractivity contribution in [2.24, 2.45) is 5.41 Å². The predicted octanol–water partition coefficient (Wildman–Crippen LogP) is 2.00. The van der Waals surface area contributed by atoms with E-state index >= 15 is 0 Å². The third-order valence-corrected chi connectivity index (χ3v) is 3.38. The average molecular weight is 294 g/mol. The van der Waals surface area contributed by atoms with Gasteiger partial charge in [0.15, 0.2) is 0 Å². The molecule has 0 atom stereocenters. The second-order valence-electron chi connectivity index (χ2n) is 7.02. The van der Waals surface area contributed by atoms with E-state index in [1.807, 2.05) is 25.7 Å². The quantitative estimate of drug-likeness (QED) is 0.574.